The molecule has 0 bridgehead atoms. The van der Waals surface area contributed by atoms with Crippen molar-refractivity contribution in [3.63, 3.8) is 0 Å². The van der Waals surface area contributed by atoms with Crippen molar-refractivity contribution in [1.82, 2.24) is 0 Å². The van der Waals surface area contributed by atoms with Gasteiger partial charge in [-0.15, -0.1) is 0 Å². The van der Waals surface area contributed by atoms with E-state index in [0.717, 1.165) is 50.5 Å². The first-order valence-electron chi connectivity index (χ1n) is 14.7. The highest BCUT2D eigenvalue weighted by atomic mass is 16.5. The topological polar surface area (TPSA) is 86.7 Å². The summed E-state index contributed by atoms with van der Waals surface area (Å²) in [6.45, 7) is 15.3. The van der Waals surface area contributed by atoms with Crippen LogP contribution in [0.2, 0.25) is 0 Å². The van der Waals surface area contributed by atoms with Crippen LogP contribution in [0.5, 0.6) is 0 Å². The first-order chi connectivity index (χ1) is 18.0. The molecule has 39 heavy (non-hydrogen) atoms. The van der Waals surface area contributed by atoms with Crippen molar-refractivity contribution in [2.24, 2.45) is 50.2 Å². The van der Waals surface area contributed by atoms with E-state index in [4.69, 9.17) is 9.47 Å². The van der Waals surface area contributed by atoms with E-state index in [1.807, 2.05) is 19.1 Å². The zero-order valence-electron chi connectivity index (χ0n) is 25.3. The summed E-state index contributed by atoms with van der Waals surface area (Å²) in [7, 11) is 2.78. The number of Topliss-reactive ketones (excluding diaryl/α,β-unsaturated/α-hetero) is 1. The van der Waals surface area contributed by atoms with Gasteiger partial charge in [0.2, 0.25) is 0 Å². The number of esters is 2. The number of carbonyl (C=O) groups is 4. The molecule has 0 aromatic carbocycles. The number of methoxy groups -OCH3 is 2. The molecule has 0 aliphatic heterocycles. The lowest BCUT2D eigenvalue weighted by Gasteiger charge is -2.70. The minimum absolute atomic E-state index is 0.0417. The second kappa shape index (κ2) is 8.39. The smallest absolute Gasteiger partial charge is 0.341 e. The molecule has 0 saturated heterocycles. The molecule has 6 nitrogen and oxygen atoms in total. The number of hydrogen-bond acceptors (Lipinski definition) is 6. The summed E-state index contributed by atoms with van der Waals surface area (Å²) in [4.78, 5) is 54.0. The van der Waals surface area contributed by atoms with Gasteiger partial charge in [-0.25, -0.2) is 4.79 Å². The van der Waals surface area contributed by atoms with Gasteiger partial charge in [0.05, 0.1) is 25.2 Å². The Hall–Kier alpha value is -2.24. The molecular formula is C33H46O6. The third kappa shape index (κ3) is 3.32. The Morgan fingerprint density at radius 1 is 0.846 bits per heavy atom. The van der Waals surface area contributed by atoms with Crippen LogP contribution in [-0.4, -0.2) is 37.7 Å². The molecule has 0 aromatic heterocycles. The van der Waals surface area contributed by atoms with Crippen LogP contribution in [0.15, 0.2) is 23.3 Å². The molecule has 8 unspecified atom stereocenters. The molecule has 5 aliphatic carbocycles. The van der Waals surface area contributed by atoms with Gasteiger partial charge in [0.25, 0.3) is 0 Å². The average Bonchev–Trinajstić information content (AvgIpc) is 2.88. The van der Waals surface area contributed by atoms with E-state index in [2.05, 4.69) is 41.5 Å². The first-order valence-corrected chi connectivity index (χ1v) is 14.7. The van der Waals surface area contributed by atoms with Gasteiger partial charge in [0.1, 0.15) is 0 Å². The van der Waals surface area contributed by atoms with Crippen LogP contribution in [0.3, 0.4) is 0 Å². The highest BCUT2D eigenvalue weighted by Crippen LogP contribution is 2.76. The van der Waals surface area contributed by atoms with Gasteiger partial charge < -0.3 is 9.47 Å². The second-order valence-electron chi connectivity index (χ2n) is 15.1. The molecule has 8 atom stereocenters. The summed E-state index contributed by atoms with van der Waals surface area (Å²) in [5, 5.41) is 0. The van der Waals surface area contributed by atoms with Gasteiger partial charge >= 0.3 is 11.9 Å². The molecule has 5 rings (SSSR count). The predicted molar refractivity (Wildman–Crippen MR) is 147 cm³/mol. The zero-order valence-corrected chi connectivity index (χ0v) is 25.3. The van der Waals surface area contributed by atoms with E-state index in [1.54, 1.807) is 0 Å². The van der Waals surface area contributed by atoms with Crippen molar-refractivity contribution in [2.75, 3.05) is 14.2 Å². The Kier molecular flexibility index (Phi) is 6.09. The van der Waals surface area contributed by atoms with Crippen LogP contribution in [-0.2, 0) is 28.7 Å². The monoisotopic (exact) mass is 538 g/mol. The van der Waals surface area contributed by atoms with E-state index in [-0.39, 0.29) is 57.1 Å². The molecule has 0 N–H and O–H groups in total. The standard InChI is InChI=1S/C33H46O6/c1-19-25(35)20(26(36)38-8)17-32(7)23-16-22(34)24-21-18-28(2,3)10-14-33(21,27(37)39-9)15-13-31(24,6)30(23,5)12-11-29(19,32)4/h16-17,19,21,24H,10-15,18H2,1-9H3. The summed E-state index contributed by atoms with van der Waals surface area (Å²) >= 11 is 0. The van der Waals surface area contributed by atoms with Gasteiger partial charge in [0.15, 0.2) is 11.6 Å². The Balaban J connectivity index is 1.72. The molecule has 3 saturated carbocycles. The van der Waals surface area contributed by atoms with E-state index in [0.29, 0.717) is 0 Å². The van der Waals surface area contributed by atoms with Crippen molar-refractivity contribution in [1.29, 1.82) is 0 Å². The fourth-order valence-electron chi connectivity index (χ4n) is 10.1. The molecular weight excluding hydrogens is 492 g/mol. The van der Waals surface area contributed by atoms with Crippen molar-refractivity contribution in [2.45, 2.75) is 93.4 Å². The SMILES string of the molecule is COC(=O)C1=CC2(C)C3=CC(=O)C4C5CC(C)(C)CCC5(C(=O)OC)CCC4(C)C3(C)CCC2(C)C(C)C1=O. The van der Waals surface area contributed by atoms with Gasteiger partial charge in [-0.2, -0.15) is 0 Å². The lowest BCUT2D eigenvalue weighted by atomic mass is 9.33. The summed E-state index contributed by atoms with van der Waals surface area (Å²) in [6.07, 6.45) is 9.35. The fraction of sp³-hybridized carbons (Fsp3) is 0.758. The first kappa shape index (κ1) is 28.3. The number of allylic oxidation sites excluding steroid dienone is 3. The largest absolute Gasteiger partial charge is 0.469 e. The molecule has 214 valence electrons. The van der Waals surface area contributed by atoms with Crippen molar-refractivity contribution >= 4 is 23.5 Å². The van der Waals surface area contributed by atoms with E-state index < -0.39 is 22.2 Å². The molecule has 0 aromatic rings. The number of fused-ring (bicyclic) bond motifs is 7. The van der Waals surface area contributed by atoms with Crippen LogP contribution >= 0.6 is 0 Å². The van der Waals surface area contributed by atoms with Gasteiger partial charge in [-0.1, -0.05) is 54.5 Å². The molecule has 0 heterocycles. The summed E-state index contributed by atoms with van der Waals surface area (Å²) in [5.41, 5.74) is -1.25. The highest BCUT2D eigenvalue weighted by molar-refractivity contribution is 6.19. The molecule has 0 amide bonds. The van der Waals surface area contributed by atoms with Crippen molar-refractivity contribution in [3.8, 4) is 0 Å². The Labute approximate surface area is 233 Å². The predicted octanol–water partition coefficient (Wildman–Crippen LogP) is 6.03. The molecule has 0 radical (unpaired) electrons. The molecule has 5 aliphatic rings. The van der Waals surface area contributed by atoms with Crippen LogP contribution in [0, 0.1) is 50.2 Å². The van der Waals surface area contributed by atoms with Gasteiger partial charge in [0, 0.05) is 17.3 Å². The quantitative estimate of drug-likeness (QED) is 0.315. The summed E-state index contributed by atoms with van der Waals surface area (Å²) in [5.74, 6) is -1.61. The number of carbonyl (C=O) groups excluding carboxylic acids is 4. The summed E-state index contributed by atoms with van der Waals surface area (Å²) < 4.78 is 10.4. The van der Waals surface area contributed by atoms with Crippen LogP contribution in [0.4, 0.5) is 0 Å². The van der Waals surface area contributed by atoms with Crippen LogP contribution < -0.4 is 0 Å². The third-order valence-electron chi connectivity index (χ3n) is 13.3. The number of ether oxygens (including phenoxy) is 2. The normalized spacial score (nSPS) is 46.4. The van der Waals surface area contributed by atoms with E-state index >= 15 is 0 Å². The third-order valence-corrected chi connectivity index (χ3v) is 13.3. The lowest BCUT2D eigenvalue weighted by Crippen LogP contribution is -2.66. The zero-order chi connectivity index (χ0) is 29.0. The number of rotatable bonds is 2. The van der Waals surface area contributed by atoms with Crippen molar-refractivity contribution < 1.29 is 28.7 Å². The Bertz CT molecular complexity index is 1220. The Morgan fingerprint density at radius 2 is 1.46 bits per heavy atom. The molecule has 0 spiro atoms. The minimum Gasteiger partial charge on any atom is -0.469 e. The van der Waals surface area contributed by atoms with Crippen molar-refractivity contribution in [3.05, 3.63) is 23.3 Å². The number of ketones is 2. The average molecular weight is 539 g/mol. The van der Waals surface area contributed by atoms with Gasteiger partial charge in [-0.05, 0) is 84.2 Å². The maximum absolute atomic E-state index is 14.5. The minimum atomic E-state index is -0.663. The number of hydrogen-bond donors (Lipinski definition) is 0. The van der Waals surface area contributed by atoms with E-state index in [1.165, 1.54) is 14.2 Å². The second-order valence-corrected chi connectivity index (χ2v) is 15.1. The van der Waals surface area contributed by atoms with Crippen LogP contribution in [0.1, 0.15) is 93.4 Å². The summed E-state index contributed by atoms with van der Waals surface area (Å²) in [6, 6.07) is 0. The Morgan fingerprint density at radius 3 is 2.08 bits per heavy atom. The fourth-order valence-corrected chi connectivity index (χ4v) is 10.1. The highest BCUT2D eigenvalue weighted by Gasteiger charge is 2.72. The van der Waals surface area contributed by atoms with E-state index in [9.17, 15) is 19.2 Å². The molecule has 3 fully saturated rings. The van der Waals surface area contributed by atoms with Gasteiger partial charge in [-0.3, -0.25) is 14.4 Å². The molecule has 6 heteroatoms. The maximum Gasteiger partial charge on any atom is 0.341 e. The van der Waals surface area contributed by atoms with Crippen LogP contribution in [0.25, 0.3) is 0 Å². The maximum atomic E-state index is 14.5. The lowest BCUT2D eigenvalue weighted by molar-refractivity contribution is -0.192.